The fourth-order valence-electron chi connectivity index (χ4n) is 17.5. The van der Waals surface area contributed by atoms with Gasteiger partial charge < -0.3 is 0 Å². The van der Waals surface area contributed by atoms with E-state index in [-0.39, 0.29) is 0 Å². The molecule has 7 heterocycles. The number of nitrogens with zero attached hydrogens (tertiary/aromatic N) is 5. The van der Waals surface area contributed by atoms with Crippen molar-refractivity contribution < 1.29 is 0 Å². The van der Waals surface area contributed by atoms with Crippen molar-refractivity contribution in [3.63, 3.8) is 0 Å². The fourth-order valence-corrected chi connectivity index (χ4v) is 20.2. The summed E-state index contributed by atoms with van der Waals surface area (Å²) in [6.07, 6.45) is 13.3. The van der Waals surface area contributed by atoms with Crippen LogP contribution in [0.25, 0.3) is 85.2 Å². The first-order valence-corrected chi connectivity index (χ1v) is 48.9. The van der Waals surface area contributed by atoms with Gasteiger partial charge in [0.1, 0.15) is 0 Å². The fraction of sp³-hybridized carbons (Fsp3) is 0.403. The average Bonchev–Trinajstić information content (AvgIpc) is 1.44. The molecule has 16 aromatic rings. The number of hydrogen-bond donors (Lipinski definition) is 0. The Labute approximate surface area is 768 Å². The van der Waals surface area contributed by atoms with E-state index in [9.17, 15) is 0 Å². The molecule has 0 saturated heterocycles. The second kappa shape index (κ2) is 46.3. The minimum atomic E-state index is 0.524. The molecule has 0 bridgehead atoms. The molecule has 0 aliphatic carbocycles. The first-order valence-electron chi connectivity index (χ1n) is 47.3. The number of aromatic nitrogens is 5. The van der Waals surface area contributed by atoms with Gasteiger partial charge in [-0.25, -0.2) is 0 Å². The third kappa shape index (κ3) is 25.2. The molecule has 126 heavy (non-hydrogen) atoms. The van der Waals surface area contributed by atoms with Crippen molar-refractivity contribution >= 4 is 108 Å². The van der Waals surface area contributed by atoms with Crippen molar-refractivity contribution in [2.45, 2.75) is 316 Å². The van der Waals surface area contributed by atoms with Crippen LogP contribution in [-0.2, 0) is 0 Å². The van der Waals surface area contributed by atoms with E-state index < -0.39 is 0 Å². The van der Waals surface area contributed by atoms with Crippen LogP contribution in [0.4, 0.5) is 0 Å². The zero-order valence-electron chi connectivity index (χ0n) is 82.8. The molecule has 0 atom stereocenters. The van der Waals surface area contributed by atoms with Crippen LogP contribution >= 0.6 is 22.7 Å². The van der Waals surface area contributed by atoms with Gasteiger partial charge in [-0.3, -0.25) is 24.9 Å². The molecule has 0 N–H and O–H groups in total. The summed E-state index contributed by atoms with van der Waals surface area (Å²) in [6, 6.07) is 70.1. The van der Waals surface area contributed by atoms with Crippen LogP contribution in [0.15, 0.2) is 238 Å². The van der Waals surface area contributed by atoms with E-state index >= 15 is 0 Å². The minimum Gasteiger partial charge on any atom is -0.264 e. The van der Waals surface area contributed by atoms with Crippen molar-refractivity contribution in [1.29, 1.82) is 0 Å². The summed E-state index contributed by atoms with van der Waals surface area (Å²) in [4.78, 5) is 25.0. The molecule has 7 heteroatoms. The van der Waals surface area contributed by atoms with Crippen LogP contribution in [0.5, 0.6) is 0 Å². The SMILES string of the molecule is CC(C)c1cc(C(C)C)c2cccnc2c1.CC(C)c1cc(C(C)C)c2ccncc2c1.CC(C)c1cc(C(C)C)c2ncccc2c1.CC(C)c1ccc2ccccc2c1C(C)C.CC(C)c1ccc2cccnc2c1C(C)C.CC(C)c1ccc2cnccc2c1C(C)C.CC(C)c1sc2ccccc2c1C(C)C.CC(C)c1sc2ccccc2c1C(C)C. The number of pyridine rings is 5. The van der Waals surface area contributed by atoms with Crippen molar-refractivity contribution in [2.24, 2.45) is 0 Å². The molecule has 0 saturated carbocycles. The predicted octanol–water partition coefficient (Wildman–Crippen LogP) is 37.8. The highest BCUT2D eigenvalue weighted by molar-refractivity contribution is 7.19. The van der Waals surface area contributed by atoms with Crippen molar-refractivity contribution in [3.8, 4) is 0 Å². The molecule has 0 spiro atoms. The number of rotatable bonds is 16. The third-order valence-electron chi connectivity index (χ3n) is 24.1. The third-order valence-corrected chi connectivity index (χ3v) is 27.1. The average molecular weight is 1720 g/mol. The van der Waals surface area contributed by atoms with Crippen LogP contribution in [0.3, 0.4) is 0 Å². The van der Waals surface area contributed by atoms with Gasteiger partial charge in [0.25, 0.3) is 0 Å². The van der Waals surface area contributed by atoms with Crippen LogP contribution in [0, 0.1) is 0 Å². The molecule has 0 fully saturated rings. The molecule has 0 aliphatic rings. The molecule has 0 aliphatic heterocycles. The molecule has 0 amide bonds. The lowest BCUT2D eigenvalue weighted by Gasteiger charge is -2.18. The van der Waals surface area contributed by atoms with E-state index in [2.05, 4.69) is 422 Å². The van der Waals surface area contributed by atoms with Gasteiger partial charge in [-0.15, -0.1) is 22.7 Å². The standard InChI is InChI=1S/C16H20.5C15H19N.2C14H18S/c1-11(2)14-10-9-13-7-5-6-8-15(13)16(14)12(3)4;1-10(2)12-7-13-9-16-6-5-14(13)15(8-12)11(3)4;1-10(2)13-6-5-12-9-16-8-7-14(12)15(13)11(3)4;1-10(2)13-8-7-12-6-5-9-16-15(12)14(13)11(3)4;1-10(2)12-8-14(11(3)4)13-6-5-7-16-15(13)9-12;1-10(2)13-8-12-6-5-7-16-15(12)14(9-13)11(3)4;2*1-9(2)13-11-7-5-6-8-12(11)15-14(13)10(3)4/h5-12H,1-4H3;5*5-11H,1-4H3;2*5-10H,1-4H3. The van der Waals surface area contributed by atoms with E-state index in [1.807, 2.05) is 84.3 Å². The number of thiophene rings is 2. The lowest BCUT2D eigenvalue weighted by atomic mass is 9.86. The normalized spacial score (nSPS) is 11.7. The topological polar surface area (TPSA) is 64.5 Å². The predicted molar refractivity (Wildman–Crippen MR) is 562 cm³/mol. The maximum Gasteiger partial charge on any atom is 0.0739 e. The molecule has 0 unspecified atom stereocenters. The Kier molecular flexibility index (Phi) is 36.7. The second-order valence-corrected chi connectivity index (χ2v) is 41.6. The summed E-state index contributed by atoms with van der Waals surface area (Å²) in [5.41, 5.74) is 23.8. The maximum absolute atomic E-state index is 4.55. The second-order valence-electron chi connectivity index (χ2n) is 39.4. The Balaban J connectivity index is 0.000000163. The van der Waals surface area contributed by atoms with Gasteiger partial charge in [-0.05, 0) is 266 Å². The van der Waals surface area contributed by atoms with Gasteiger partial charge in [0, 0.05) is 89.5 Å². The highest BCUT2D eigenvalue weighted by Crippen LogP contribution is 2.43. The van der Waals surface area contributed by atoms with E-state index in [4.69, 9.17) is 0 Å². The quantitative estimate of drug-likeness (QED) is 0.0964. The van der Waals surface area contributed by atoms with Gasteiger partial charge in [-0.2, -0.15) is 0 Å². The lowest BCUT2D eigenvalue weighted by molar-refractivity contribution is 0.795. The number of hydrogen-bond acceptors (Lipinski definition) is 7. The number of fused-ring (bicyclic) bond motifs is 8. The first kappa shape index (κ1) is 100.0. The first-order chi connectivity index (χ1) is 59.8. The summed E-state index contributed by atoms with van der Waals surface area (Å²) in [5, 5.41) is 14.7. The molecule has 7 aromatic heterocycles. The summed E-state index contributed by atoms with van der Waals surface area (Å²) < 4.78 is 2.87. The Hall–Kier alpha value is -9.79. The Bertz CT molecular complexity index is 5630. The van der Waals surface area contributed by atoms with Gasteiger partial charge in [0.2, 0.25) is 0 Å². The molecular formula is C119H151N5S2. The highest BCUT2D eigenvalue weighted by atomic mass is 32.1. The van der Waals surface area contributed by atoms with E-state index in [0.29, 0.717) is 94.7 Å². The lowest BCUT2D eigenvalue weighted by Crippen LogP contribution is -2.00. The summed E-state index contributed by atoms with van der Waals surface area (Å²) in [7, 11) is 0. The minimum absolute atomic E-state index is 0.524. The zero-order valence-corrected chi connectivity index (χ0v) is 84.4. The summed E-state index contributed by atoms with van der Waals surface area (Å²) in [5.74, 6) is 9.26. The van der Waals surface area contributed by atoms with Crippen LogP contribution in [-0.4, -0.2) is 24.9 Å². The Morgan fingerprint density at radius 3 is 1.00 bits per heavy atom. The zero-order chi connectivity index (χ0) is 92.2. The van der Waals surface area contributed by atoms with Crippen molar-refractivity contribution in [2.75, 3.05) is 0 Å². The molecule has 9 aromatic carbocycles. The molecular weight excluding hydrogens is 1560 g/mol. The van der Waals surface area contributed by atoms with Gasteiger partial charge >= 0.3 is 0 Å². The summed E-state index contributed by atoms with van der Waals surface area (Å²) in [6.45, 7) is 72.3. The summed E-state index contributed by atoms with van der Waals surface area (Å²) >= 11 is 3.92. The van der Waals surface area contributed by atoms with E-state index in [1.165, 1.54) is 141 Å². The maximum atomic E-state index is 4.55. The molecule has 664 valence electrons. The number of benzene rings is 9. The van der Waals surface area contributed by atoms with Crippen molar-refractivity contribution in [3.05, 3.63) is 325 Å². The van der Waals surface area contributed by atoms with Gasteiger partial charge in [0.15, 0.2) is 0 Å². The smallest absolute Gasteiger partial charge is 0.0739 e. The highest BCUT2D eigenvalue weighted by Gasteiger charge is 2.22. The molecule has 0 radical (unpaired) electrons. The van der Waals surface area contributed by atoms with Crippen molar-refractivity contribution in [1.82, 2.24) is 24.9 Å². The van der Waals surface area contributed by atoms with Gasteiger partial charge in [0.05, 0.1) is 16.6 Å². The monoisotopic (exact) mass is 1710 g/mol. The molecule has 5 nitrogen and oxygen atoms in total. The van der Waals surface area contributed by atoms with Gasteiger partial charge in [-0.1, -0.05) is 355 Å². The van der Waals surface area contributed by atoms with Crippen LogP contribution < -0.4 is 0 Å². The van der Waals surface area contributed by atoms with E-state index in [0.717, 1.165) is 11.0 Å². The Morgan fingerprint density at radius 1 is 0.198 bits per heavy atom. The molecule has 16 rings (SSSR count). The van der Waals surface area contributed by atoms with Crippen LogP contribution in [0.2, 0.25) is 0 Å². The largest absolute Gasteiger partial charge is 0.264 e. The van der Waals surface area contributed by atoms with Crippen LogP contribution in [0.1, 0.15) is 404 Å². The Morgan fingerprint density at radius 2 is 0.540 bits per heavy atom. The van der Waals surface area contributed by atoms with E-state index in [1.54, 1.807) is 20.9 Å².